The molecular formula is C21H21N3O4. The summed E-state index contributed by atoms with van der Waals surface area (Å²) in [7, 11) is 0. The Morgan fingerprint density at radius 2 is 1.39 bits per heavy atom. The summed E-state index contributed by atoms with van der Waals surface area (Å²) >= 11 is 0. The Bertz CT molecular complexity index is 876. The van der Waals surface area contributed by atoms with Gasteiger partial charge in [0.2, 0.25) is 11.8 Å². The van der Waals surface area contributed by atoms with Crippen molar-refractivity contribution in [3.63, 3.8) is 0 Å². The van der Waals surface area contributed by atoms with E-state index in [1.807, 2.05) is 30.3 Å². The Morgan fingerprint density at radius 1 is 0.857 bits per heavy atom. The van der Waals surface area contributed by atoms with E-state index in [1.165, 1.54) is 6.92 Å². The van der Waals surface area contributed by atoms with Gasteiger partial charge in [-0.1, -0.05) is 42.5 Å². The van der Waals surface area contributed by atoms with Crippen LogP contribution in [0.2, 0.25) is 0 Å². The van der Waals surface area contributed by atoms with Crippen LogP contribution in [0.1, 0.15) is 33.2 Å². The van der Waals surface area contributed by atoms with Gasteiger partial charge in [0.1, 0.15) is 6.04 Å². The van der Waals surface area contributed by atoms with Gasteiger partial charge in [-0.25, -0.2) is 0 Å². The Kier molecular flexibility index (Phi) is 5.84. The molecule has 1 heterocycles. The van der Waals surface area contributed by atoms with Gasteiger partial charge in [0.05, 0.1) is 11.1 Å². The lowest BCUT2D eigenvalue weighted by Gasteiger charge is -2.25. The van der Waals surface area contributed by atoms with E-state index < -0.39 is 23.8 Å². The third kappa shape index (κ3) is 4.09. The predicted octanol–water partition coefficient (Wildman–Crippen LogP) is 1.15. The van der Waals surface area contributed by atoms with Gasteiger partial charge in [-0.05, 0) is 17.7 Å². The van der Waals surface area contributed by atoms with E-state index in [2.05, 4.69) is 10.6 Å². The molecule has 1 atom stereocenters. The molecule has 144 valence electrons. The molecule has 0 spiro atoms. The third-order valence-corrected chi connectivity index (χ3v) is 4.51. The van der Waals surface area contributed by atoms with Crippen LogP contribution in [-0.2, 0) is 16.0 Å². The first-order valence-electron chi connectivity index (χ1n) is 9.02. The van der Waals surface area contributed by atoms with Crippen molar-refractivity contribution in [3.05, 3.63) is 71.3 Å². The smallest absolute Gasteiger partial charge is 0.262 e. The lowest BCUT2D eigenvalue weighted by Crippen LogP contribution is -2.51. The first-order chi connectivity index (χ1) is 13.5. The fourth-order valence-electron chi connectivity index (χ4n) is 3.17. The van der Waals surface area contributed by atoms with Gasteiger partial charge in [-0.2, -0.15) is 0 Å². The topological polar surface area (TPSA) is 95.6 Å². The zero-order valence-corrected chi connectivity index (χ0v) is 15.5. The molecule has 1 aliphatic heterocycles. The maximum atomic E-state index is 12.9. The number of nitrogens with zero attached hydrogens (tertiary/aromatic N) is 1. The molecule has 1 aliphatic rings. The summed E-state index contributed by atoms with van der Waals surface area (Å²) in [5, 5.41) is 5.29. The van der Waals surface area contributed by atoms with E-state index in [0.717, 1.165) is 10.5 Å². The van der Waals surface area contributed by atoms with Gasteiger partial charge in [-0.15, -0.1) is 0 Å². The highest BCUT2D eigenvalue weighted by Gasteiger charge is 2.42. The summed E-state index contributed by atoms with van der Waals surface area (Å²) in [5.74, 6) is -1.59. The summed E-state index contributed by atoms with van der Waals surface area (Å²) in [6.45, 7) is 1.85. The Balaban J connectivity index is 1.82. The van der Waals surface area contributed by atoms with Gasteiger partial charge < -0.3 is 10.6 Å². The largest absolute Gasteiger partial charge is 0.355 e. The van der Waals surface area contributed by atoms with Crippen LogP contribution in [0.15, 0.2) is 54.6 Å². The number of carbonyl (C=O) groups excluding carboxylic acids is 4. The zero-order valence-electron chi connectivity index (χ0n) is 15.5. The summed E-state index contributed by atoms with van der Waals surface area (Å²) < 4.78 is 0. The molecule has 2 N–H and O–H groups in total. The molecule has 4 amide bonds. The van der Waals surface area contributed by atoms with E-state index in [-0.39, 0.29) is 25.4 Å². The SMILES string of the molecule is CC(=O)NCCNC(=O)C(Cc1ccccc1)N1C(=O)c2ccccc2C1=O. The molecule has 0 radical (unpaired) electrons. The van der Waals surface area contributed by atoms with Crippen molar-refractivity contribution in [1.29, 1.82) is 0 Å². The van der Waals surface area contributed by atoms with Crippen LogP contribution in [0.3, 0.4) is 0 Å². The van der Waals surface area contributed by atoms with Gasteiger partial charge >= 0.3 is 0 Å². The van der Waals surface area contributed by atoms with Crippen LogP contribution in [0.4, 0.5) is 0 Å². The highest BCUT2D eigenvalue weighted by molar-refractivity contribution is 6.22. The lowest BCUT2D eigenvalue weighted by atomic mass is 10.0. The number of benzene rings is 2. The molecule has 0 bridgehead atoms. The molecule has 0 saturated heterocycles. The quantitative estimate of drug-likeness (QED) is 0.557. The van der Waals surface area contributed by atoms with E-state index >= 15 is 0 Å². The minimum atomic E-state index is -0.980. The van der Waals surface area contributed by atoms with Gasteiger partial charge in [0.25, 0.3) is 11.8 Å². The normalized spacial score (nSPS) is 13.8. The molecular weight excluding hydrogens is 358 g/mol. The molecule has 7 heteroatoms. The summed E-state index contributed by atoms with van der Waals surface area (Å²) in [6, 6.07) is 14.8. The highest BCUT2D eigenvalue weighted by atomic mass is 16.2. The molecule has 0 aliphatic carbocycles. The van der Waals surface area contributed by atoms with Crippen LogP contribution < -0.4 is 10.6 Å². The van der Waals surface area contributed by atoms with Gasteiger partial charge in [-0.3, -0.25) is 24.1 Å². The fourth-order valence-corrected chi connectivity index (χ4v) is 3.17. The van der Waals surface area contributed by atoms with Crippen molar-refractivity contribution in [3.8, 4) is 0 Å². The van der Waals surface area contributed by atoms with E-state index in [0.29, 0.717) is 11.1 Å². The van der Waals surface area contributed by atoms with Crippen molar-refractivity contribution < 1.29 is 19.2 Å². The van der Waals surface area contributed by atoms with Crippen LogP contribution in [0.25, 0.3) is 0 Å². The van der Waals surface area contributed by atoms with Crippen LogP contribution in [0.5, 0.6) is 0 Å². The molecule has 0 aromatic heterocycles. The van der Waals surface area contributed by atoms with E-state index in [9.17, 15) is 19.2 Å². The number of hydrogen-bond donors (Lipinski definition) is 2. The van der Waals surface area contributed by atoms with Crippen molar-refractivity contribution in [1.82, 2.24) is 15.5 Å². The van der Waals surface area contributed by atoms with Crippen LogP contribution in [-0.4, -0.2) is 47.7 Å². The molecule has 3 rings (SSSR count). The minimum Gasteiger partial charge on any atom is -0.355 e. The Labute approximate surface area is 162 Å². The first kappa shape index (κ1) is 19.3. The number of hydrogen-bond acceptors (Lipinski definition) is 4. The van der Waals surface area contributed by atoms with Crippen molar-refractivity contribution in [2.75, 3.05) is 13.1 Å². The van der Waals surface area contributed by atoms with Crippen molar-refractivity contribution >= 4 is 23.6 Å². The van der Waals surface area contributed by atoms with Gasteiger partial charge in [0.15, 0.2) is 0 Å². The Hall–Kier alpha value is -3.48. The number of imide groups is 1. The minimum absolute atomic E-state index is 0.199. The summed E-state index contributed by atoms with van der Waals surface area (Å²) in [6.07, 6.45) is 0.207. The second kappa shape index (κ2) is 8.47. The monoisotopic (exact) mass is 379 g/mol. The fraction of sp³-hybridized carbons (Fsp3) is 0.238. The Morgan fingerprint density at radius 3 is 1.96 bits per heavy atom. The van der Waals surface area contributed by atoms with Crippen molar-refractivity contribution in [2.24, 2.45) is 0 Å². The molecule has 2 aromatic carbocycles. The molecule has 0 fully saturated rings. The third-order valence-electron chi connectivity index (χ3n) is 4.51. The lowest BCUT2D eigenvalue weighted by molar-refractivity contribution is -0.125. The number of fused-ring (bicyclic) bond motifs is 1. The van der Waals surface area contributed by atoms with Crippen molar-refractivity contribution in [2.45, 2.75) is 19.4 Å². The summed E-state index contributed by atoms with van der Waals surface area (Å²) in [5.41, 5.74) is 1.44. The maximum Gasteiger partial charge on any atom is 0.262 e. The first-order valence-corrected chi connectivity index (χ1v) is 9.02. The molecule has 0 saturated carbocycles. The number of carbonyl (C=O) groups is 4. The molecule has 2 aromatic rings. The predicted molar refractivity (Wildman–Crippen MR) is 103 cm³/mol. The van der Waals surface area contributed by atoms with Crippen LogP contribution in [0, 0.1) is 0 Å². The van der Waals surface area contributed by atoms with Crippen LogP contribution >= 0.6 is 0 Å². The summed E-state index contributed by atoms with van der Waals surface area (Å²) in [4.78, 5) is 50.5. The molecule has 7 nitrogen and oxygen atoms in total. The average Bonchev–Trinajstić information content (AvgIpc) is 2.95. The second-order valence-corrected chi connectivity index (χ2v) is 6.51. The number of amides is 4. The second-order valence-electron chi connectivity index (χ2n) is 6.51. The average molecular weight is 379 g/mol. The highest BCUT2D eigenvalue weighted by Crippen LogP contribution is 2.26. The molecule has 1 unspecified atom stereocenters. The van der Waals surface area contributed by atoms with Gasteiger partial charge in [0, 0.05) is 26.4 Å². The molecule has 28 heavy (non-hydrogen) atoms. The zero-order chi connectivity index (χ0) is 20.1. The standard InChI is InChI=1S/C21H21N3O4/c1-14(25)22-11-12-23-19(26)18(13-15-7-3-2-4-8-15)24-20(27)16-9-5-6-10-17(16)21(24)28/h2-10,18H,11-13H2,1H3,(H,22,25)(H,23,26). The number of rotatable bonds is 7. The maximum absolute atomic E-state index is 12.9. The van der Waals surface area contributed by atoms with E-state index in [1.54, 1.807) is 24.3 Å². The van der Waals surface area contributed by atoms with E-state index in [4.69, 9.17) is 0 Å². The number of nitrogens with one attached hydrogen (secondary N) is 2.